The van der Waals surface area contributed by atoms with Gasteiger partial charge in [-0.3, -0.25) is 4.79 Å². The Morgan fingerprint density at radius 1 is 0.667 bits per heavy atom. The first-order valence-corrected chi connectivity index (χ1v) is 15.1. The minimum absolute atomic E-state index is 0.144. The largest absolute Gasteiger partial charge is 0.423 e. The summed E-state index contributed by atoms with van der Waals surface area (Å²) in [5, 5.41) is 4.07. The summed E-state index contributed by atoms with van der Waals surface area (Å²) in [5.74, 6) is -0.925. The summed E-state index contributed by atoms with van der Waals surface area (Å²) in [5.41, 5.74) is 3.75. The third-order valence-electron chi connectivity index (χ3n) is 6.82. The summed E-state index contributed by atoms with van der Waals surface area (Å²) >= 11 is 0. The predicted octanol–water partition coefficient (Wildman–Crippen LogP) is 8.28. The number of benzene rings is 3. The van der Waals surface area contributed by atoms with E-state index < -0.39 is 11.9 Å². The van der Waals surface area contributed by atoms with Gasteiger partial charge in [-0.25, -0.2) is 15.0 Å². The smallest absolute Gasteiger partial charge is 0.343 e. The third-order valence-corrected chi connectivity index (χ3v) is 6.82. The number of hydrogen-bond donors (Lipinski definition) is 1. The number of unbranched alkanes of at least 4 members (excludes halogenated alkanes) is 10. The predicted molar refractivity (Wildman–Crippen MR) is 166 cm³/mol. The number of hydrazone groups is 1. The van der Waals surface area contributed by atoms with Crippen LogP contribution in [0, 0.1) is 0 Å². The van der Waals surface area contributed by atoms with Crippen molar-refractivity contribution < 1.29 is 23.9 Å². The first kappa shape index (κ1) is 32.3. The zero-order valence-electron chi connectivity index (χ0n) is 24.6. The monoisotopic (exact) mass is 570 g/mol. The maximum Gasteiger partial charge on any atom is 0.343 e. The van der Waals surface area contributed by atoms with Gasteiger partial charge in [-0.05, 0) is 42.8 Å². The molecule has 0 radical (unpaired) electrons. The van der Waals surface area contributed by atoms with Crippen molar-refractivity contribution in [2.45, 2.75) is 84.0 Å². The number of nitrogens with one attached hydrogen (secondary N) is 1. The second kappa shape index (κ2) is 19.0. The second-order valence-corrected chi connectivity index (χ2v) is 10.3. The van der Waals surface area contributed by atoms with E-state index in [1.165, 1.54) is 63.6 Å². The van der Waals surface area contributed by atoms with Crippen molar-refractivity contribution in [3.8, 4) is 11.5 Å². The molecule has 0 spiro atoms. The first-order valence-electron chi connectivity index (χ1n) is 15.1. The molecule has 3 aromatic carbocycles. The van der Waals surface area contributed by atoms with Gasteiger partial charge >= 0.3 is 11.9 Å². The number of carbonyl (C=O) groups excluding carboxylic acids is 3. The lowest BCUT2D eigenvalue weighted by molar-refractivity contribution is -0.121. The number of amides is 1. The molecule has 1 N–H and O–H groups in total. The van der Waals surface area contributed by atoms with Crippen LogP contribution < -0.4 is 14.9 Å². The average molecular weight is 571 g/mol. The molecule has 0 bridgehead atoms. The molecule has 3 rings (SSSR count). The van der Waals surface area contributed by atoms with Gasteiger partial charge in [-0.15, -0.1) is 0 Å². The lowest BCUT2D eigenvalue weighted by atomic mass is 10.1. The van der Waals surface area contributed by atoms with Gasteiger partial charge < -0.3 is 9.47 Å². The summed E-state index contributed by atoms with van der Waals surface area (Å²) in [6, 6.07) is 21.8. The van der Waals surface area contributed by atoms with E-state index in [1.807, 2.05) is 6.07 Å². The van der Waals surface area contributed by atoms with Crippen molar-refractivity contribution in [2.75, 3.05) is 0 Å². The molecule has 0 aromatic heterocycles. The molecule has 0 aliphatic carbocycles. The number of esters is 2. The van der Waals surface area contributed by atoms with Crippen LogP contribution >= 0.6 is 0 Å². The van der Waals surface area contributed by atoms with Gasteiger partial charge in [-0.2, -0.15) is 5.10 Å². The fourth-order valence-corrected chi connectivity index (χ4v) is 4.43. The van der Waals surface area contributed by atoms with Crippen molar-refractivity contribution in [2.24, 2.45) is 5.10 Å². The number of ether oxygens (including phenoxy) is 2. The molecule has 0 fully saturated rings. The molecule has 0 heterocycles. The fraction of sp³-hybridized carbons (Fsp3) is 0.371. The van der Waals surface area contributed by atoms with Gasteiger partial charge in [0, 0.05) is 18.1 Å². The van der Waals surface area contributed by atoms with Crippen LogP contribution in [0.2, 0.25) is 0 Å². The van der Waals surface area contributed by atoms with Crippen molar-refractivity contribution in [1.82, 2.24) is 5.43 Å². The molecular formula is C35H42N2O5. The van der Waals surface area contributed by atoms with E-state index in [9.17, 15) is 14.4 Å². The van der Waals surface area contributed by atoms with Crippen LogP contribution in [0.4, 0.5) is 0 Å². The van der Waals surface area contributed by atoms with Gasteiger partial charge in [0.05, 0.1) is 17.3 Å². The maximum atomic E-state index is 12.7. The molecule has 7 nitrogen and oxygen atoms in total. The number of carbonyl (C=O) groups is 3. The highest BCUT2D eigenvalue weighted by Gasteiger charge is 2.15. The summed E-state index contributed by atoms with van der Waals surface area (Å²) in [7, 11) is 0. The normalized spacial score (nSPS) is 10.9. The summed E-state index contributed by atoms with van der Waals surface area (Å²) in [6.45, 7) is 2.24. The van der Waals surface area contributed by atoms with Gasteiger partial charge in [0.25, 0.3) is 0 Å². The van der Waals surface area contributed by atoms with Gasteiger partial charge in [0.2, 0.25) is 5.91 Å². The van der Waals surface area contributed by atoms with Crippen LogP contribution in [0.5, 0.6) is 11.5 Å². The Labute approximate surface area is 249 Å². The van der Waals surface area contributed by atoms with Gasteiger partial charge in [0.1, 0.15) is 11.5 Å². The molecule has 0 atom stereocenters. The minimum Gasteiger partial charge on any atom is -0.423 e. The molecule has 0 saturated heterocycles. The quantitative estimate of drug-likeness (QED) is 0.0546. The van der Waals surface area contributed by atoms with E-state index in [4.69, 9.17) is 9.47 Å². The molecule has 222 valence electrons. The van der Waals surface area contributed by atoms with Crippen LogP contribution in [0.25, 0.3) is 0 Å². The Kier molecular flexibility index (Phi) is 14.6. The molecule has 42 heavy (non-hydrogen) atoms. The molecule has 3 aromatic rings. The van der Waals surface area contributed by atoms with Crippen LogP contribution in [-0.4, -0.2) is 24.1 Å². The Bertz CT molecular complexity index is 1280. The van der Waals surface area contributed by atoms with E-state index >= 15 is 0 Å². The fourth-order valence-electron chi connectivity index (χ4n) is 4.43. The van der Waals surface area contributed by atoms with Crippen molar-refractivity contribution in [1.29, 1.82) is 0 Å². The van der Waals surface area contributed by atoms with E-state index in [0.717, 1.165) is 19.3 Å². The Hall–Kier alpha value is -4.26. The maximum absolute atomic E-state index is 12.7. The van der Waals surface area contributed by atoms with E-state index in [0.29, 0.717) is 23.1 Å². The highest BCUT2D eigenvalue weighted by molar-refractivity contribution is 5.94. The number of hydrogen-bond acceptors (Lipinski definition) is 6. The van der Waals surface area contributed by atoms with Crippen LogP contribution in [0.1, 0.15) is 110 Å². The third kappa shape index (κ3) is 12.1. The Morgan fingerprint density at radius 3 is 1.76 bits per heavy atom. The lowest BCUT2D eigenvalue weighted by Gasteiger charge is -2.10. The standard InChI is InChI=1S/C35H42N2O5/c1-2-3-4-5-6-7-8-9-10-11-18-23-33(38)37-36-27-30-24-25-31(41-34(39)28-19-14-12-15-20-28)26-32(30)42-35(40)29-21-16-13-17-22-29/h12-17,19-22,24-27H,2-11,18,23H2,1H3,(H,37,38). The highest BCUT2D eigenvalue weighted by Crippen LogP contribution is 2.26. The SMILES string of the molecule is CCCCCCCCCCCCCC(=O)NN=Cc1ccc(OC(=O)c2ccccc2)cc1OC(=O)c1ccccc1. The summed E-state index contributed by atoms with van der Waals surface area (Å²) < 4.78 is 11.1. The molecule has 7 heteroatoms. The molecule has 0 unspecified atom stereocenters. The van der Waals surface area contributed by atoms with Crippen molar-refractivity contribution in [3.63, 3.8) is 0 Å². The highest BCUT2D eigenvalue weighted by atomic mass is 16.5. The van der Waals surface area contributed by atoms with Crippen LogP contribution in [0.15, 0.2) is 84.0 Å². The van der Waals surface area contributed by atoms with Gasteiger partial charge in [-0.1, -0.05) is 108 Å². The van der Waals surface area contributed by atoms with E-state index in [2.05, 4.69) is 17.5 Å². The second-order valence-electron chi connectivity index (χ2n) is 10.3. The van der Waals surface area contributed by atoms with E-state index in [1.54, 1.807) is 66.7 Å². The zero-order valence-corrected chi connectivity index (χ0v) is 24.6. The Balaban J connectivity index is 1.50. The molecule has 0 aliphatic rings. The number of rotatable bonds is 18. The topological polar surface area (TPSA) is 94.1 Å². The lowest BCUT2D eigenvalue weighted by Crippen LogP contribution is -2.17. The average Bonchev–Trinajstić information content (AvgIpc) is 3.01. The minimum atomic E-state index is -0.572. The molecular weight excluding hydrogens is 528 g/mol. The zero-order chi connectivity index (χ0) is 29.8. The van der Waals surface area contributed by atoms with Crippen molar-refractivity contribution >= 4 is 24.1 Å². The van der Waals surface area contributed by atoms with E-state index in [-0.39, 0.29) is 17.4 Å². The van der Waals surface area contributed by atoms with Crippen LogP contribution in [0.3, 0.4) is 0 Å². The van der Waals surface area contributed by atoms with Crippen LogP contribution in [-0.2, 0) is 4.79 Å². The molecule has 0 saturated carbocycles. The summed E-state index contributed by atoms with van der Waals surface area (Å²) in [6.07, 6.45) is 15.2. The number of nitrogens with zero attached hydrogens (tertiary/aromatic N) is 1. The first-order chi connectivity index (χ1) is 20.6. The molecule has 0 aliphatic heterocycles. The van der Waals surface area contributed by atoms with Crippen molar-refractivity contribution in [3.05, 3.63) is 95.6 Å². The summed E-state index contributed by atoms with van der Waals surface area (Å²) in [4.78, 5) is 37.5. The molecule has 1 amide bonds. The van der Waals surface area contributed by atoms with Gasteiger partial charge in [0.15, 0.2) is 0 Å². The Morgan fingerprint density at radius 2 is 1.19 bits per heavy atom.